The lowest BCUT2D eigenvalue weighted by molar-refractivity contribution is -0.132. The van der Waals surface area contributed by atoms with Gasteiger partial charge in [0.1, 0.15) is 0 Å². The van der Waals surface area contributed by atoms with Crippen molar-refractivity contribution < 1.29 is 14.4 Å². The lowest BCUT2D eigenvalue weighted by atomic mass is 10.0. The van der Waals surface area contributed by atoms with E-state index in [4.69, 9.17) is 9.63 Å². The van der Waals surface area contributed by atoms with Gasteiger partial charge in [0, 0.05) is 12.0 Å². The Morgan fingerprint density at radius 1 is 1.36 bits per heavy atom. The molecule has 1 heterocycles. The van der Waals surface area contributed by atoms with Gasteiger partial charge in [0.05, 0.1) is 6.42 Å². The van der Waals surface area contributed by atoms with Crippen LogP contribution < -0.4 is 0 Å². The van der Waals surface area contributed by atoms with Crippen LogP contribution in [0.5, 0.6) is 0 Å². The van der Waals surface area contributed by atoms with E-state index in [9.17, 15) is 4.79 Å². The molecule has 0 aliphatic rings. The summed E-state index contributed by atoms with van der Waals surface area (Å²) in [5.74, 6) is -0.214. The summed E-state index contributed by atoms with van der Waals surface area (Å²) in [7, 11) is 0. The lowest BCUT2D eigenvalue weighted by Crippen LogP contribution is -2.02. The van der Waals surface area contributed by atoms with Crippen molar-refractivity contribution in [3.8, 4) is 0 Å². The maximum Gasteiger partial charge on any atom is 0.331 e. The Morgan fingerprint density at radius 3 is 2.86 bits per heavy atom. The summed E-state index contributed by atoms with van der Waals surface area (Å²) in [6, 6.07) is 8.34. The molecule has 5 heteroatoms. The van der Waals surface area contributed by atoms with Gasteiger partial charge in [0.2, 0.25) is 5.89 Å². The van der Waals surface area contributed by atoms with Gasteiger partial charge < -0.3 is 9.63 Å². The van der Waals surface area contributed by atoms with E-state index in [1.807, 2.05) is 12.1 Å². The van der Waals surface area contributed by atoms with Gasteiger partial charge in [-0.05, 0) is 24.0 Å². The maximum absolute atomic E-state index is 10.7. The molecule has 0 fully saturated rings. The predicted molar refractivity (Wildman–Crippen MR) is 82.6 cm³/mol. The predicted octanol–water partition coefficient (Wildman–Crippen LogP) is 3.19. The highest BCUT2D eigenvalue weighted by Gasteiger charge is 2.12. The number of rotatable bonds is 8. The first-order valence-corrected chi connectivity index (χ1v) is 7.39. The van der Waals surface area contributed by atoms with Crippen LogP contribution in [0.4, 0.5) is 0 Å². The Hall–Kier alpha value is -2.43. The summed E-state index contributed by atoms with van der Waals surface area (Å²) in [6.45, 7) is 5.63. The average Bonchev–Trinajstić information content (AvgIpc) is 2.92. The quantitative estimate of drug-likeness (QED) is 0.758. The molecular weight excluding hydrogens is 280 g/mol. The summed E-state index contributed by atoms with van der Waals surface area (Å²) >= 11 is 0. The summed E-state index contributed by atoms with van der Waals surface area (Å²) < 4.78 is 5.07. The van der Waals surface area contributed by atoms with Gasteiger partial charge in [-0.1, -0.05) is 49.3 Å². The van der Waals surface area contributed by atoms with E-state index >= 15 is 0 Å². The molecule has 0 atom stereocenters. The molecule has 22 heavy (non-hydrogen) atoms. The van der Waals surface area contributed by atoms with Crippen LogP contribution in [0.1, 0.15) is 42.6 Å². The number of hydrogen-bond donors (Lipinski definition) is 1. The maximum atomic E-state index is 10.7. The van der Waals surface area contributed by atoms with Gasteiger partial charge in [-0.3, -0.25) is 0 Å². The molecule has 0 amide bonds. The summed E-state index contributed by atoms with van der Waals surface area (Å²) in [5.41, 5.74) is 2.47. The first-order chi connectivity index (χ1) is 10.6. The summed E-state index contributed by atoms with van der Waals surface area (Å²) in [5, 5.41) is 12.7. The highest BCUT2D eigenvalue weighted by Crippen LogP contribution is 2.13. The minimum absolute atomic E-state index is 0.0387. The van der Waals surface area contributed by atoms with Crippen molar-refractivity contribution in [3.05, 3.63) is 59.3 Å². The van der Waals surface area contributed by atoms with E-state index in [-0.39, 0.29) is 17.9 Å². The highest BCUT2D eigenvalue weighted by molar-refractivity contribution is 5.86. The third-order valence-electron chi connectivity index (χ3n) is 3.35. The molecule has 0 radical (unpaired) electrons. The molecule has 2 aromatic rings. The van der Waals surface area contributed by atoms with Gasteiger partial charge in [-0.15, -0.1) is 0 Å². The number of carbonyl (C=O) groups is 1. The number of aliphatic carboxylic acids is 1. The molecule has 1 aromatic heterocycles. The number of carboxylic acid groups (broad SMARTS) is 1. The Morgan fingerprint density at radius 2 is 2.14 bits per heavy atom. The molecule has 5 nitrogen and oxygen atoms in total. The van der Waals surface area contributed by atoms with E-state index in [1.54, 1.807) is 0 Å². The van der Waals surface area contributed by atoms with Gasteiger partial charge in [0.15, 0.2) is 5.82 Å². The Balaban J connectivity index is 2.00. The second kappa shape index (κ2) is 7.54. The third kappa shape index (κ3) is 4.55. The zero-order valence-electron chi connectivity index (χ0n) is 12.7. The van der Waals surface area contributed by atoms with Crippen molar-refractivity contribution in [2.24, 2.45) is 0 Å². The minimum Gasteiger partial charge on any atom is -0.478 e. The van der Waals surface area contributed by atoms with Crippen LogP contribution in [0.15, 0.2) is 40.9 Å². The molecule has 1 aromatic carbocycles. The number of unbranched alkanes of at least 4 members (excludes halogenated alkanes) is 1. The minimum atomic E-state index is -1.05. The standard InChI is InChI=1S/C17H20N2O3/c1-3-4-6-13-7-5-8-14(10-13)11-15-18-16(22-19-15)9-12(2)17(20)21/h5,7-8,10H,2-4,6,9,11H2,1H3,(H,20,21). The van der Waals surface area contributed by atoms with E-state index < -0.39 is 5.97 Å². The molecule has 0 bridgehead atoms. The molecular formula is C17H20N2O3. The number of aryl methyl sites for hydroxylation is 1. The largest absolute Gasteiger partial charge is 0.478 e. The Bertz CT molecular complexity index is 661. The van der Waals surface area contributed by atoms with Crippen LogP contribution in [0.2, 0.25) is 0 Å². The first kappa shape index (κ1) is 15.9. The van der Waals surface area contributed by atoms with Crippen LogP contribution in [0.3, 0.4) is 0 Å². The van der Waals surface area contributed by atoms with Crippen molar-refractivity contribution in [1.82, 2.24) is 10.1 Å². The third-order valence-corrected chi connectivity index (χ3v) is 3.35. The molecule has 0 saturated heterocycles. The van der Waals surface area contributed by atoms with Crippen LogP contribution in [-0.2, 0) is 24.1 Å². The number of nitrogens with zero attached hydrogens (tertiary/aromatic N) is 2. The normalized spacial score (nSPS) is 10.6. The number of carboxylic acids is 1. The highest BCUT2D eigenvalue weighted by atomic mass is 16.5. The van der Waals surface area contributed by atoms with E-state index in [2.05, 4.69) is 35.8 Å². The van der Waals surface area contributed by atoms with E-state index in [1.165, 1.54) is 18.4 Å². The topological polar surface area (TPSA) is 76.2 Å². The van der Waals surface area contributed by atoms with E-state index in [0.717, 1.165) is 12.0 Å². The fourth-order valence-electron chi connectivity index (χ4n) is 2.15. The van der Waals surface area contributed by atoms with Crippen LogP contribution in [0.25, 0.3) is 0 Å². The van der Waals surface area contributed by atoms with Gasteiger partial charge in [-0.2, -0.15) is 4.98 Å². The van der Waals surface area contributed by atoms with Crippen LogP contribution >= 0.6 is 0 Å². The molecule has 0 unspecified atom stereocenters. The monoisotopic (exact) mass is 300 g/mol. The molecule has 2 rings (SSSR count). The summed E-state index contributed by atoms with van der Waals surface area (Å²) in [6.07, 6.45) is 4.06. The van der Waals surface area contributed by atoms with Gasteiger partial charge in [0.25, 0.3) is 0 Å². The Labute approximate surface area is 129 Å². The lowest BCUT2D eigenvalue weighted by Gasteiger charge is -2.02. The fraction of sp³-hybridized carbons (Fsp3) is 0.353. The van der Waals surface area contributed by atoms with Crippen LogP contribution in [-0.4, -0.2) is 21.2 Å². The summed E-state index contributed by atoms with van der Waals surface area (Å²) in [4.78, 5) is 15.0. The number of aromatic nitrogens is 2. The van der Waals surface area contributed by atoms with Gasteiger partial charge >= 0.3 is 5.97 Å². The molecule has 116 valence electrons. The Kier molecular flexibility index (Phi) is 5.47. The molecule has 0 spiro atoms. The smallest absolute Gasteiger partial charge is 0.331 e. The van der Waals surface area contributed by atoms with Crippen molar-refractivity contribution >= 4 is 5.97 Å². The first-order valence-electron chi connectivity index (χ1n) is 7.39. The molecule has 0 saturated carbocycles. The van der Waals surface area contributed by atoms with Crippen molar-refractivity contribution in [3.63, 3.8) is 0 Å². The number of benzene rings is 1. The van der Waals surface area contributed by atoms with Crippen molar-refractivity contribution in [2.45, 2.75) is 39.0 Å². The second-order valence-corrected chi connectivity index (χ2v) is 5.29. The van der Waals surface area contributed by atoms with Crippen molar-refractivity contribution in [1.29, 1.82) is 0 Å². The van der Waals surface area contributed by atoms with Crippen molar-refractivity contribution in [2.75, 3.05) is 0 Å². The molecule has 0 aliphatic heterocycles. The number of hydrogen-bond acceptors (Lipinski definition) is 4. The van der Waals surface area contributed by atoms with Gasteiger partial charge in [-0.25, -0.2) is 4.79 Å². The van der Waals surface area contributed by atoms with E-state index in [0.29, 0.717) is 12.2 Å². The zero-order chi connectivity index (χ0) is 15.9. The fourth-order valence-corrected chi connectivity index (χ4v) is 2.15. The zero-order valence-corrected chi connectivity index (χ0v) is 12.7. The van der Waals surface area contributed by atoms with Crippen LogP contribution in [0, 0.1) is 0 Å². The molecule has 0 aliphatic carbocycles. The molecule has 1 N–H and O–H groups in total. The SMILES string of the molecule is C=C(Cc1nc(Cc2cccc(CCCC)c2)no1)C(=O)O. The second-order valence-electron chi connectivity index (χ2n) is 5.29. The average molecular weight is 300 g/mol.